The molecule has 0 aliphatic carbocycles. The average Bonchev–Trinajstić information content (AvgIpc) is 2.03. The molecule has 0 aliphatic rings. The molecule has 0 aromatic carbocycles. The number of rotatable bonds is 8. The molecule has 2 unspecified atom stereocenters. The lowest BCUT2D eigenvalue weighted by atomic mass is 10.0. The Bertz CT molecular complexity index is 142. The largest absolute Gasteiger partial charge is 0.382 e. The Morgan fingerprint density at radius 1 is 1.36 bits per heavy atom. The summed E-state index contributed by atoms with van der Waals surface area (Å²) in [5.41, 5.74) is 6.10. The summed E-state index contributed by atoms with van der Waals surface area (Å²) in [6, 6.07) is 2.07. The molecule has 0 rings (SSSR count). The van der Waals surface area contributed by atoms with Crippen LogP contribution in [-0.2, 0) is 4.74 Å². The van der Waals surface area contributed by atoms with Gasteiger partial charge in [0, 0.05) is 18.8 Å². The van der Waals surface area contributed by atoms with Crippen molar-refractivity contribution in [2.45, 2.75) is 51.2 Å². The fourth-order valence-electron chi connectivity index (χ4n) is 1.75. The van der Waals surface area contributed by atoms with E-state index in [1.54, 1.807) is 0 Å². The minimum Gasteiger partial charge on any atom is -0.382 e. The molecule has 86 valence electrons. The standard InChI is InChI=1S/C10H26N2OSi/c1-4-6-10(3,11)9-14(12)8-7-13-5-2/h14H,4-9,11-12H2,1-3H3. The third-order valence-corrected chi connectivity index (χ3v) is 4.82. The Kier molecular flexibility index (Phi) is 7.45. The van der Waals surface area contributed by atoms with E-state index in [0.29, 0.717) is 0 Å². The highest BCUT2D eigenvalue weighted by molar-refractivity contribution is 6.55. The van der Waals surface area contributed by atoms with E-state index in [9.17, 15) is 0 Å². The Morgan fingerprint density at radius 2 is 2.00 bits per heavy atom. The van der Waals surface area contributed by atoms with Gasteiger partial charge in [0.05, 0.1) is 0 Å². The van der Waals surface area contributed by atoms with Crippen LogP contribution in [0, 0.1) is 0 Å². The lowest BCUT2D eigenvalue weighted by Gasteiger charge is -2.26. The van der Waals surface area contributed by atoms with Gasteiger partial charge in [0.15, 0.2) is 0 Å². The molecule has 0 saturated carbocycles. The fraction of sp³-hybridized carbons (Fsp3) is 1.00. The van der Waals surface area contributed by atoms with Crippen LogP contribution in [0.1, 0.15) is 33.6 Å². The molecule has 0 aromatic heterocycles. The van der Waals surface area contributed by atoms with E-state index in [2.05, 4.69) is 13.8 Å². The lowest BCUT2D eigenvalue weighted by molar-refractivity contribution is 0.161. The highest BCUT2D eigenvalue weighted by atomic mass is 28.3. The molecule has 0 amide bonds. The molecule has 14 heavy (non-hydrogen) atoms. The molecule has 0 fully saturated rings. The van der Waals surface area contributed by atoms with Gasteiger partial charge in [-0.05, 0) is 32.4 Å². The molecule has 0 aromatic rings. The highest BCUT2D eigenvalue weighted by Gasteiger charge is 2.21. The third-order valence-electron chi connectivity index (χ3n) is 2.39. The molecule has 4 N–H and O–H groups in total. The predicted octanol–water partition coefficient (Wildman–Crippen LogP) is 1.22. The Morgan fingerprint density at radius 3 is 2.50 bits per heavy atom. The maximum Gasteiger partial charge on any atom is 0.110 e. The van der Waals surface area contributed by atoms with Gasteiger partial charge >= 0.3 is 0 Å². The monoisotopic (exact) mass is 218 g/mol. The van der Waals surface area contributed by atoms with Gasteiger partial charge in [-0.25, -0.2) is 0 Å². The second kappa shape index (κ2) is 7.40. The van der Waals surface area contributed by atoms with Crippen LogP contribution in [-0.4, -0.2) is 27.7 Å². The first-order valence-electron chi connectivity index (χ1n) is 5.64. The smallest absolute Gasteiger partial charge is 0.110 e. The van der Waals surface area contributed by atoms with Crippen molar-refractivity contribution in [3.05, 3.63) is 0 Å². The summed E-state index contributed by atoms with van der Waals surface area (Å²) in [7, 11) is -1.14. The number of ether oxygens (including phenoxy) is 1. The highest BCUT2D eigenvalue weighted by Crippen LogP contribution is 2.16. The van der Waals surface area contributed by atoms with Crippen molar-refractivity contribution in [2.75, 3.05) is 13.2 Å². The number of hydrogen-bond acceptors (Lipinski definition) is 3. The molecule has 0 radical (unpaired) electrons. The van der Waals surface area contributed by atoms with Gasteiger partial charge in [-0.15, -0.1) is 0 Å². The summed E-state index contributed by atoms with van der Waals surface area (Å²) >= 11 is 0. The zero-order chi connectivity index (χ0) is 11.0. The molecule has 0 spiro atoms. The maximum absolute atomic E-state index is 6.15. The van der Waals surface area contributed by atoms with Crippen LogP contribution < -0.4 is 11.1 Å². The van der Waals surface area contributed by atoms with E-state index in [1.165, 1.54) is 0 Å². The van der Waals surface area contributed by atoms with Crippen molar-refractivity contribution in [1.82, 2.24) is 0 Å². The average molecular weight is 218 g/mol. The Labute approximate surface area is 89.9 Å². The summed E-state index contributed by atoms with van der Waals surface area (Å²) in [5.74, 6) is 0. The van der Waals surface area contributed by atoms with Crippen molar-refractivity contribution in [3.63, 3.8) is 0 Å². The summed E-state index contributed by atoms with van der Waals surface area (Å²) in [5, 5.41) is 6.11. The molecule has 0 aliphatic heterocycles. The van der Waals surface area contributed by atoms with Crippen molar-refractivity contribution in [3.8, 4) is 0 Å². The van der Waals surface area contributed by atoms with Crippen LogP contribution in [0.2, 0.25) is 12.1 Å². The van der Waals surface area contributed by atoms with Crippen LogP contribution in [0.25, 0.3) is 0 Å². The van der Waals surface area contributed by atoms with E-state index in [4.69, 9.17) is 15.9 Å². The van der Waals surface area contributed by atoms with Gasteiger partial charge < -0.3 is 15.9 Å². The van der Waals surface area contributed by atoms with Crippen LogP contribution in [0.3, 0.4) is 0 Å². The van der Waals surface area contributed by atoms with Gasteiger partial charge in [-0.3, -0.25) is 0 Å². The van der Waals surface area contributed by atoms with Crippen LogP contribution >= 0.6 is 0 Å². The van der Waals surface area contributed by atoms with E-state index in [-0.39, 0.29) is 5.54 Å². The first-order valence-corrected chi connectivity index (χ1v) is 7.94. The molecule has 2 atom stereocenters. The minimum atomic E-state index is -1.14. The third kappa shape index (κ3) is 7.50. The molecule has 0 bridgehead atoms. The maximum atomic E-state index is 6.15. The Hall–Kier alpha value is 0.0969. The summed E-state index contributed by atoms with van der Waals surface area (Å²) in [6.45, 7) is 7.89. The van der Waals surface area contributed by atoms with Gasteiger partial charge in [0.1, 0.15) is 8.96 Å². The summed E-state index contributed by atoms with van der Waals surface area (Å²) < 4.78 is 5.29. The molecular weight excluding hydrogens is 192 g/mol. The van der Waals surface area contributed by atoms with Crippen LogP contribution in [0.4, 0.5) is 0 Å². The summed E-state index contributed by atoms with van der Waals surface area (Å²) in [6.07, 6.45) is 2.21. The van der Waals surface area contributed by atoms with Gasteiger partial charge in [-0.2, -0.15) is 0 Å². The Balaban J connectivity index is 3.63. The normalized spacial score (nSPS) is 17.8. The van der Waals surface area contributed by atoms with Crippen LogP contribution in [0.5, 0.6) is 0 Å². The molecule has 3 nitrogen and oxygen atoms in total. The van der Waals surface area contributed by atoms with Gasteiger partial charge in [0.2, 0.25) is 0 Å². The number of hydrogen-bond donors (Lipinski definition) is 2. The van der Waals surface area contributed by atoms with Crippen LogP contribution in [0.15, 0.2) is 0 Å². The van der Waals surface area contributed by atoms with E-state index < -0.39 is 8.96 Å². The van der Waals surface area contributed by atoms with E-state index in [0.717, 1.165) is 38.1 Å². The van der Waals surface area contributed by atoms with E-state index in [1.807, 2.05) is 6.92 Å². The molecular formula is C10H26N2OSi. The quantitative estimate of drug-likeness (QED) is 0.476. The SMILES string of the molecule is CCCC(C)(N)C[SiH](N)CCOCC. The fourth-order valence-corrected chi connectivity index (χ4v) is 3.83. The second-order valence-electron chi connectivity index (χ2n) is 4.35. The van der Waals surface area contributed by atoms with Crippen molar-refractivity contribution in [2.24, 2.45) is 11.1 Å². The zero-order valence-electron chi connectivity index (χ0n) is 9.88. The summed E-state index contributed by atoms with van der Waals surface area (Å²) in [4.78, 5) is 0. The van der Waals surface area contributed by atoms with Crippen molar-refractivity contribution < 1.29 is 4.74 Å². The molecule has 0 saturated heterocycles. The zero-order valence-corrected chi connectivity index (χ0v) is 11.0. The molecule has 4 heteroatoms. The van der Waals surface area contributed by atoms with Gasteiger partial charge in [-0.1, -0.05) is 13.3 Å². The first-order chi connectivity index (χ1) is 6.52. The number of nitrogens with two attached hydrogens (primary N) is 2. The van der Waals surface area contributed by atoms with E-state index >= 15 is 0 Å². The second-order valence-corrected chi connectivity index (χ2v) is 6.86. The van der Waals surface area contributed by atoms with Crippen molar-refractivity contribution in [1.29, 1.82) is 0 Å². The predicted molar refractivity (Wildman–Crippen MR) is 64.9 cm³/mol. The van der Waals surface area contributed by atoms with Crippen molar-refractivity contribution >= 4 is 8.96 Å². The topological polar surface area (TPSA) is 61.3 Å². The lowest BCUT2D eigenvalue weighted by Crippen LogP contribution is -2.44. The first kappa shape index (κ1) is 14.1. The van der Waals surface area contributed by atoms with Gasteiger partial charge in [0.25, 0.3) is 0 Å². The minimum absolute atomic E-state index is 0.0490. The molecule has 0 heterocycles.